The summed E-state index contributed by atoms with van der Waals surface area (Å²) in [6, 6.07) is 0. The minimum Gasteiger partial charge on any atom is -0.274 e. The van der Waals surface area contributed by atoms with Crippen LogP contribution in [0.25, 0.3) is 0 Å². The van der Waals surface area contributed by atoms with Crippen molar-refractivity contribution in [2.24, 2.45) is 17.8 Å². The molecule has 2 aliphatic carbocycles. The van der Waals surface area contributed by atoms with Crippen molar-refractivity contribution in [3.05, 3.63) is 18.6 Å². The van der Waals surface area contributed by atoms with Gasteiger partial charge in [0, 0.05) is 18.8 Å². The number of nitrogens with one attached hydrogen (secondary N) is 1. The van der Waals surface area contributed by atoms with Crippen LogP contribution >= 0.6 is 0 Å². The van der Waals surface area contributed by atoms with Gasteiger partial charge in [0.05, 0.1) is 6.20 Å². The number of sulfonamides is 1. The molecule has 1 aromatic rings. The predicted octanol–water partition coefficient (Wildman–Crippen LogP) is 1.11. The third-order valence-corrected chi connectivity index (χ3v) is 5.65. The number of hydrogen-bond donors (Lipinski definition) is 1. The molecule has 1 aromatic heterocycles. The van der Waals surface area contributed by atoms with Crippen LogP contribution in [0.15, 0.2) is 23.6 Å². The highest BCUT2D eigenvalue weighted by molar-refractivity contribution is 7.90. The minimum absolute atomic E-state index is 0.221. The Bertz CT molecular complexity index is 603. The first-order valence-electron chi connectivity index (χ1n) is 6.86. The van der Waals surface area contributed by atoms with Gasteiger partial charge in [-0.25, -0.2) is 9.71 Å². The number of amides is 1. The molecule has 0 aliphatic heterocycles. The number of rotatable bonds is 4. The second kappa shape index (κ2) is 5.12. The van der Waals surface area contributed by atoms with E-state index in [9.17, 15) is 13.2 Å². The minimum atomic E-state index is -3.89. The molecule has 20 heavy (non-hydrogen) atoms. The number of aromatic nitrogens is 2. The van der Waals surface area contributed by atoms with Gasteiger partial charge in [-0.3, -0.25) is 9.78 Å². The average molecular weight is 295 g/mol. The van der Waals surface area contributed by atoms with Crippen LogP contribution in [0.5, 0.6) is 0 Å². The SMILES string of the molecule is O=C(C[C@H]1C[C@H]2CC[C@H]1C2)NS(=O)(=O)c1cnccn1. The highest BCUT2D eigenvalue weighted by Gasteiger charge is 2.40. The first kappa shape index (κ1) is 13.5. The maximum atomic E-state index is 11.9. The van der Waals surface area contributed by atoms with Crippen molar-refractivity contribution in [3.63, 3.8) is 0 Å². The predicted molar refractivity (Wildman–Crippen MR) is 70.9 cm³/mol. The Morgan fingerprint density at radius 1 is 1.30 bits per heavy atom. The van der Waals surface area contributed by atoms with E-state index in [0.717, 1.165) is 18.5 Å². The Morgan fingerprint density at radius 2 is 2.15 bits per heavy atom. The van der Waals surface area contributed by atoms with Crippen LogP contribution in [0, 0.1) is 17.8 Å². The molecule has 1 amide bonds. The molecule has 0 saturated heterocycles. The lowest BCUT2D eigenvalue weighted by Crippen LogP contribution is -2.33. The largest absolute Gasteiger partial charge is 0.283 e. The molecule has 2 bridgehead atoms. The third-order valence-electron chi connectivity index (χ3n) is 4.40. The topological polar surface area (TPSA) is 89.0 Å². The summed E-state index contributed by atoms with van der Waals surface area (Å²) in [7, 11) is -3.89. The average Bonchev–Trinajstić information content (AvgIpc) is 3.01. The molecular weight excluding hydrogens is 278 g/mol. The van der Waals surface area contributed by atoms with E-state index in [1.54, 1.807) is 0 Å². The lowest BCUT2D eigenvalue weighted by Gasteiger charge is -2.20. The van der Waals surface area contributed by atoms with E-state index < -0.39 is 15.9 Å². The van der Waals surface area contributed by atoms with Gasteiger partial charge < -0.3 is 0 Å². The molecule has 108 valence electrons. The highest BCUT2D eigenvalue weighted by Crippen LogP contribution is 2.49. The van der Waals surface area contributed by atoms with Crippen LogP contribution in [0.2, 0.25) is 0 Å². The zero-order valence-electron chi connectivity index (χ0n) is 11.0. The Balaban J connectivity index is 1.62. The molecule has 0 aromatic carbocycles. The lowest BCUT2D eigenvalue weighted by atomic mass is 9.86. The number of carbonyl (C=O) groups excluding carboxylic acids is 1. The highest BCUT2D eigenvalue weighted by atomic mass is 32.2. The fourth-order valence-corrected chi connectivity index (χ4v) is 4.42. The van der Waals surface area contributed by atoms with Crippen LogP contribution < -0.4 is 4.72 Å². The van der Waals surface area contributed by atoms with Gasteiger partial charge >= 0.3 is 0 Å². The summed E-state index contributed by atoms with van der Waals surface area (Å²) in [5, 5.41) is -0.221. The summed E-state index contributed by atoms with van der Waals surface area (Å²) in [4.78, 5) is 19.3. The zero-order valence-corrected chi connectivity index (χ0v) is 11.8. The summed E-state index contributed by atoms with van der Waals surface area (Å²) in [6.07, 6.45) is 8.80. The zero-order chi connectivity index (χ0) is 14.2. The molecular formula is C13H17N3O3S. The van der Waals surface area contributed by atoms with E-state index in [2.05, 4.69) is 14.7 Å². The van der Waals surface area contributed by atoms with Crippen LogP contribution in [0.1, 0.15) is 32.1 Å². The molecule has 0 spiro atoms. The molecule has 6 nitrogen and oxygen atoms in total. The maximum Gasteiger partial charge on any atom is 0.283 e. The maximum absolute atomic E-state index is 11.9. The van der Waals surface area contributed by atoms with Gasteiger partial charge in [0.2, 0.25) is 5.91 Å². The Morgan fingerprint density at radius 3 is 2.75 bits per heavy atom. The van der Waals surface area contributed by atoms with Gasteiger partial charge in [-0.15, -0.1) is 0 Å². The monoisotopic (exact) mass is 295 g/mol. The van der Waals surface area contributed by atoms with Gasteiger partial charge in [-0.1, -0.05) is 6.42 Å². The van der Waals surface area contributed by atoms with Gasteiger partial charge in [-0.2, -0.15) is 8.42 Å². The molecule has 0 unspecified atom stereocenters. The summed E-state index contributed by atoms with van der Waals surface area (Å²) in [6.45, 7) is 0. The van der Waals surface area contributed by atoms with Crippen molar-refractivity contribution < 1.29 is 13.2 Å². The van der Waals surface area contributed by atoms with Crippen molar-refractivity contribution in [2.45, 2.75) is 37.1 Å². The fraction of sp³-hybridized carbons (Fsp3) is 0.615. The van der Waals surface area contributed by atoms with Crippen LogP contribution in [-0.4, -0.2) is 24.3 Å². The molecule has 2 fully saturated rings. The molecule has 0 radical (unpaired) electrons. The van der Waals surface area contributed by atoms with Gasteiger partial charge in [0.1, 0.15) is 0 Å². The molecule has 1 N–H and O–H groups in total. The van der Waals surface area contributed by atoms with Crippen LogP contribution in [0.4, 0.5) is 0 Å². The molecule has 7 heteroatoms. The number of carbonyl (C=O) groups is 1. The quantitative estimate of drug-likeness (QED) is 0.898. The molecule has 2 aliphatic rings. The summed E-state index contributed by atoms with van der Waals surface area (Å²) >= 11 is 0. The van der Waals surface area contributed by atoms with E-state index in [4.69, 9.17) is 0 Å². The van der Waals surface area contributed by atoms with Crippen molar-refractivity contribution in [3.8, 4) is 0 Å². The van der Waals surface area contributed by atoms with Crippen molar-refractivity contribution in [1.82, 2.24) is 14.7 Å². The summed E-state index contributed by atoms with van der Waals surface area (Å²) < 4.78 is 26.0. The summed E-state index contributed by atoms with van der Waals surface area (Å²) in [5.41, 5.74) is 0. The van der Waals surface area contributed by atoms with E-state index in [0.29, 0.717) is 18.3 Å². The van der Waals surface area contributed by atoms with Crippen molar-refractivity contribution in [1.29, 1.82) is 0 Å². The van der Waals surface area contributed by atoms with Crippen molar-refractivity contribution >= 4 is 15.9 Å². The fourth-order valence-electron chi connectivity index (χ4n) is 3.53. The first-order valence-corrected chi connectivity index (χ1v) is 8.34. The third kappa shape index (κ3) is 2.67. The number of fused-ring (bicyclic) bond motifs is 2. The normalized spacial score (nSPS) is 28.5. The lowest BCUT2D eigenvalue weighted by molar-refractivity contribution is -0.120. The molecule has 2 saturated carbocycles. The number of hydrogen-bond acceptors (Lipinski definition) is 5. The Hall–Kier alpha value is -1.50. The first-order chi connectivity index (χ1) is 9.54. The summed E-state index contributed by atoms with van der Waals surface area (Å²) in [5.74, 6) is 1.25. The number of nitrogens with zero attached hydrogens (tertiary/aromatic N) is 2. The second-order valence-electron chi connectivity index (χ2n) is 5.71. The standard InChI is InChI=1S/C13H17N3O3S/c17-12(7-11-6-9-1-2-10(11)5-9)16-20(18,19)13-8-14-3-4-15-13/h3-4,8-11H,1-2,5-7H2,(H,16,17)/t9-,10-,11+/m0/s1. The smallest absolute Gasteiger partial charge is 0.274 e. The second-order valence-corrected chi connectivity index (χ2v) is 7.34. The van der Waals surface area contributed by atoms with E-state index in [-0.39, 0.29) is 5.03 Å². The molecule has 1 heterocycles. The molecule has 3 rings (SSSR count). The van der Waals surface area contributed by atoms with Crippen molar-refractivity contribution in [2.75, 3.05) is 0 Å². The van der Waals surface area contributed by atoms with Gasteiger partial charge in [-0.05, 0) is 37.0 Å². The van der Waals surface area contributed by atoms with Crippen LogP contribution in [0.3, 0.4) is 0 Å². The van der Waals surface area contributed by atoms with Crippen LogP contribution in [-0.2, 0) is 14.8 Å². The molecule has 3 atom stereocenters. The van der Waals surface area contributed by atoms with Gasteiger partial charge in [0.25, 0.3) is 10.0 Å². The van der Waals surface area contributed by atoms with E-state index in [1.165, 1.54) is 31.7 Å². The Labute approximate surface area is 118 Å². The van der Waals surface area contributed by atoms with E-state index in [1.807, 2.05) is 0 Å². The van der Waals surface area contributed by atoms with E-state index >= 15 is 0 Å². The van der Waals surface area contributed by atoms with Gasteiger partial charge in [0.15, 0.2) is 5.03 Å². The Kier molecular flexibility index (Phi) is 3.45.